The monoisotopic (exact) mass is 199 g/mol. The third-order valence-electron chi connectivity index (χ3n) is 2.97. The molecule has 0 spiro atoms. The Labute approximate surface area is 81.7 Å². The van der Waals surface area contributed by atoms with Crippen LogP contribution in [-0.2, 0) is 14.3 Å². The summed E-state index contributed by atoms with van der Waals surface area (Å²) in [6.45, 7) is 2.93. The molecule has 1 N–H and O–H groups in total. The van der Waals surface area contributed by atoms with Crippen LogP contribution in [0.5, 0.6) is 0 Å². The van der Waals surface area contributed by atoms with Crippen LogP contribution in [0.25, 0.3) is 0 Å². The second kappa shape index (κ2) is 3.24. The fourth-order valence-electron chi connectivity index (χ4n) is 2.00. The number of ether oxygens (including phenoxy) is 2. The van der Waals surface area contributed by atoms with Gasteiger partial charge in [-0.1, -0.05) is 0 Å². The zero-order valence-electron chi connectivity index (χ0n) is 8.04. The fourth-order valence-corrected chi connectivity index (χ4v) is 2.00. The summed E-state index contributed by atoms with van der Waals surface area (Å²) in [7, 11) is 0. The van der Waals surface area contributed by atoms with Gasteiger partial charge in [0.1, 0.15) is 0 Å². The van der Waals surface area contributed by atoms with Crippen molar-refractivity contribution < 1.29 is 19.1 Å². The Balaban J connectivity index is 2.14. The molecule has 1 unspecified atom stereocenters. The minimum absolute atomic E-state index is 0.0719. The maximum atomic E-state index is 11.5. The summed E-state index contributed by atoms with van der Waals surface area (Å²) in [6.07, 6.45) is 0.887. The highest BCUT2D eigenvalue weighted by Crippen LogP contribution is 2.33. The number of carbonyl (C=O) groups is 2. The average Bonchev–Trinajstić information content (AvgIpc) is 2.43. The van der Waals surface area contributed by atoms with Crippen LogP contribution in [0.3, 0.4) is 0 Å². The molecular weight excluding hydrogens is 186 g/mol. The van der Waals surface area contributed by atoms with Gasteiger partial charge in [0.15, 0.2) is 5.60 Å². The number of imide groups is 1. The van der Waals surface area contributed by atoms with Crippen LogP contribution >= 0.6 is 0 Å². The van der Waals surface area contributed by atoms with E-state index >= 15 is 0 Å². The molecule has 5 nitrogen and oxygen atoms in total. The highest BCUT2D eigenvalue weighted by Gasteiger charge is 2.50. The third-order valence-corrected chi connectivity index (χ3v) is 2.97. The highest BCUT2D eigenvalue weighted by atomic mass is 16.6. The van der Waals surface area contributed by atoms with Crippen molar-refractivity contribution in [3.8, 4) is 0 Å². The van der Waals surface area contributed by atoms with Crippen molar-refractivity contribution in [1.82, 2.24) is 5.32 Å². The van der Waals surface area contributed by atoms with Crippen molar-refractivity contribution in [3.63, 3.8) is 0 Å². The molecule has 0 bridgehead atoms. The molecule has 14 heavy (non-hydrogen) atoms. The SMILES string of the molecule is CC1(C2CCOCC2)OC(=O)NC1=O. The predicted molar refractivity (Wildman–Crippen MR) is 46.6 cm³/mol. The van der Waals surface area contributed by atoms with E-state index in [-0.39, 0.29) is 11.8 Å². The van der Waals surface area contributed by atoms with Gasteiger partial charge in [-0.05, 0) is 19.8 Å². The second-order valence-corrected chi connectivity index (χ2v) is 3.84. The molecule has 0 aromatic rings. The number of amides is 2. The number of hydrogen-bond donors (Lipinski definition) is 1. The van der Waals surface area contributed by atoms with Crippen LogP contribution in [-0.4, -0.2) is 30.8 Å². The molecule has 78 valence electrons. The molecule has 0 saturated carbocycles. The smallest absolute Gasteiger partial charge is 0.415 e. The van der Waals surface area contributed by atoms with Crippen LogP contribution in [0, 0.1) is 5.92 Å². The van der Waals surface area contributed by atoms with Crippen LogP contribution in [0.1, 0.15) is 19.8 Å². The normalized spacial score (nSPS) is 34.1. The van der Waals surface area contributed by atoms with Crippen molar-refractivity contribution in [2.24, 2.45) is 5.92 Å². The predicted octanol–water partition coefficient (Wildman–Crippen LogP) is 0.438. The van der Waals surface area contributed by atoms with Crippen molar-refractivity contribution in [2.45, 2.75) is 25.4 Å². The average molecular weight is 199 g/mol. The van der Waals surface area contributed by atoms with E-state index in [1.165, 1.54) is 0 Å². The molecule has 0 radical (unpaired) electrons. The van der Waals surface area contributed by atoms with Crippen molar-refractivity contribution >= 4 is 12.0 Å². The summed E-state index contributed by atoms with van der Waals surface area (Å²) in [5.41, 5.74) is -0.985. The van der Waals surface area contributed by atoms with Gasteiger partial charge in [0.2, 0.25) is 0 Å². The van der Waals surface area contributed by atoms with E-state index in [1.807, 2.05) is 0 Å². The van der Waals surface area contributed by atoms with Crippen LogP contribution in [0.2, 0.25) is 0 Å². The van der Waals surface area contributed by atoms with Crippen molar-refractivity contribution in [2.75, 3.05) is 13.2 Å². The van der Waals surface area contributed by atoms with Crippen molar-refractivity contribution in [1.29, 1.82) is 0 Å². The second-order valence-electron chi connectivity index (χ2n) is 3.84. The maximum Gasteiger partial charge on any atom is 0.415 e. The summed E-state index contributed by atoms with van der Waals surface area (Å²) in [4.78, 5) is 22.4. The lowest BCUT2D eigenvalue weighted by Crippen LogP contribution is -2.45. The summed E-state index contributed by atoms with van der Waals surface area (Å²) in [5.74, 6) is -0.253. The van der Waals surface area contributed by atoms with E-state index in [9.17, 15) is 9.59 Å². The number of alkyl carbamates (subject to hydrolysis) is 1. The highest BCUT2D eigenvalue weighted by molar-refractivity contribution is 6.02. The Morgan fingerprint density at radius 1 is 1.36 bits per heavy atom. The summed E-state index contributed by atoms with van der Waals surface area (Å²) < 4.78 is 10.2. The van der Waals surface area contributed by atoms with E-state index in [2.05, 4.69) is 5.32 Å². The lowest BCUT2D eigenvalue weighted by Gasteiger charge is -2.32. The minimum Gasteiger partial charge on any atom is -0.432 e. The van der Waals surface area contributed by atoms with Gasteiger partial charge in [-0.15, -0.1) is 0 Å². The number of carbonyl (C=O) groups excluding carboxylic acids is 2. The lowest BCUT2D eigenvalue weighted by atomic mass is 9.83. The van der Waals surface area contributed by atoms with E-state index in [1.54, 1.807) is 6.92 Å². The Bertz CT molecular complexity index is 272. The lowest BCUT2D eigenvalue weighted by molar-refractivity contribution is -0.137. The van der Waals surface area contributed by atoms with Gasteiger partial charge in [0.05, 0.1) is 0 Å². The maximum absolute atomic E-state index is 11.5. The van der Waals surface area contributed by atoms with Crippen molar-refractivity contribution in [3.05, 3.63) is 0 Å². The van der Waals surface area contributed by atoms with Gasteiger partial charge in [-0.25, -0.2) is 4.79 Å². The fraction of sp³-hybridized carbons (Fsp3) is 0.778. The summed E-state index contributed by atoms with van der Waals surface area (Å²) in [5, 5.41) is 2.16. The molecule has 0 aromatic heterocycles. The van der Waals surface area contributed by atoms with E-state index < -0.39 is 11.7 Å². The zero-order chi connectivity index (χ0) is 10.2. The van der Waals surface area contributed by atoms with Crippen LogP contribution < -0.4 is 5.32 Å². The van der Waals surface area contributed by atoms with Crippen LogP contribution in [0.4, 0.5) is 4.79 Å². The molecule has 1 atom stereocenters. The van der Waals surface area contributed by atoms with Gasteiger partial charge >= 0.3 is 6.09 Å². The first-order valence-electron chi connectivity index (χ1n) is 4.75. The standard InChI is InChI=1S/C9H13NO4/c1-9(6-2-4-13-5-3-6)7(11)10-8(12)14-9/h6H,2-5H2,1H3,(H,10,11,12). The first kappa shape index (κ1) is 9.45. The quantitative estimate of drug-likeness (QED) is 0.665. The number of rotatable bonds is 1. The number of nitrogens with one attached hydrogen (secondary N) is 1. The Morgan fingerprint density at radius 3 is 2.50 bits per heavy atom. The first-order chi connectivity index (χ1) is 6.63. The largest absolute Gasteiger partial charge is 0.432 e. The number of cyclic esters (lactones) is 1. The summed E-state index contributed by atoms with van der Waals surface area (Å²) in [6, 6.07) is 0. The zero-order valence-corrected chi connectivity index (χ0v) is 8.04. The van der Waals surface area contributed by atoms with E-state index in [0.717, 1.165) is 12.8 Å². The van der Waals surface area contributed by atoms with Gasteiger partial charge in [0.25, 0.3) is 5.91 Å². The Kier molecular flexibility index (Phi) is 2.19. The minimum atomic E-state index is -0.985. The third kappa shape index (κ3) is 1.37. The molecule has 2 amide bonds. The Hall–Kier alpha value is -1.10. The molecule has 0 aliphatic carbocycles. The first-order valence-corrected chi connectivity index (χ1v) is 4.75. The van der Waals surface area contributed by atoms with Gasteiger partial charge in [-0.3, -0.25) is 10.1 Å². The molecule has 2 rings (SSSR count). The topological polar surface area (TPSA) is 64.6 Å². The van der Waals surface area contributed by atoms with E-state index in [0.29, 0.717) is 13.2 Å². The molecule has 2 heterocycles. The van der Waals surface area contributed by atoms with Gasteiger partial charge in [-0.2, -0.15) is 0 Å². The molecular formula is C9H13NO4. The number of hydrogen-bond acceptors (Lipinski definition) is 4. The van der Waals surface area contributed by atoms with Gasteiger partial charge in [0, 0.05) is 19.1 Å². The molecule has 2 aliphatic rings. The van der Waals surface area contributed by atoms with E-state index in [4.69, 9.17) is 9.47 Å². The molecule has 2 fully saturated rings. The van der Waals surface area contributed by atoms with Crippen LogP contribution in [0.15, 0.2) is 0 Å². The molecule has 0 aromatic carbocycles. The Morgan fingerprint density at radius 2 is 2.00 bits per heavy atom. The molecule has 2 aliphatic heterocycles. The molecule has 2 saturated heterocycles. The summed E-state index contributed by atoms with van der Waals surface area (Å²) >= 11 is 0. The van der Waals surface area contributed by atoms with Gasteiger partial charge < -0.3 is 9.47 Å². The molecule has 5 heteroatoms.